The summed E-state index contributed by atoms with van der Waals surface area (Å²) in [4.78, 5) is 26.9. The Morgan fingerprint density at radius 3 is 2.53 bits per heavy atom. The van der Waals surface area contributed by atoms with Gasteiger partial charge in [0.2, 0.25) is 15.9 Å². The zero-order chi connectivity index (χ0) is 21.9. The Morgan fingerprint density at radius 2 is 1.93 bits per heavy atom. The highest BCUT2D eigenvalue weighted by Gasteiger charge is 2.35. The van der Waals surface area contributed by atoms with Crippen molar-refractivity contribution in [2.45, 2.75) is 50.2 Å². The highest BCUT2D eigenvalue weighted by molar-refractivity contribution is 7.89. The molecule has 2 aromatic rings. The minimum Gasteiger partial charge on any atom is -0.459 e. The van der Waals surface area contributed by atoms with E-state index in [9.17, 15) is 18.0 Å². The summed E-state index contributed by atoms with van der Waals surface area (Å²) >= 11 is 0. The third-order valence-corrected chi connectivity index (χ3v) is 7.39. The van der Waals surface area contributed by atoms with Crippen molar-refractivity contribution >= 4 is 21.8 Å². The first kappa shape index (κ1) is 22.0. The quantitative estimate of drug-likeness (QED) is 0.722. The first-order valence-corrected chi connectivity index (χ1v) is 11.3. The number of benzene rings is 1. The molecule has 1 N–H and O–H groups in total. The van der Waals surface area contributed by atoms with Gasteiger partial charge in [-0.2, -0.15) is 4.31 Å². The predicted octanol–water partition coefficient (Wildman–Crippen LogP) is 2.23. The smallest absolute Gasteiger partial charge is 0.290 e. The van der Waals surface area contributed by atoms with Crippen molar-refractivity contribution in [3.8, 4) is 0 Å². The summed E-state index contributed by atoms with van der Waals surface area (Å²) in [6.45, 7) is 4.38. The number of likely N-dealkylation sites (tertiary alicyclic amines) is 1. The topological polar surface area (TPSA) is 99.9 Å². The molecule has 3 rings (SSSR count). The number of nitrogens with one attached hydrogen (secondary N) is 1. The minimum absolute atomic E-state index is 0.146. The number of amides is 2. The van der Waals surface area contributed by atoms with Gasteiger partial charge < -0.3 is 14.6 Å². The molecule has 1 aromatic carbocycles. The van der Waals surface area contributed by atoms with Crippen molar-refractivity contribution in [1.29, 1.82) is 0 Å². The van der Waals surface area contributed by atoms with Crippen molar-refractivity contribution in [3.05, 3.63) is 54.0 Å². The number of rotatable bonds is 7. The van der Waals surface area contributed by atoms with E-state index in [-0.39, 0.29) is 35.1 Å². The van der Waals surface area contributed by atoms with Gasteiger partial charge in [-0.25, -0.2) is 8.42 Å². The summed E-state index contributed by atoms with van der Waals surface area (Å²) in [6, 6.07) is 8.98. The van der Waals surface area contributed by atoms with Crippen molar-refractivity contribution in [2.75, 3.05) is 13.6 Å². The van der Waals surface area contributed by atoms with E-state index in [0.717, 1.165) is 12.0 Å². The van der Waals surface area contributed by atoms with E-state index in [0.29, 0.717) is 13.0 Å². The molecule has 1 aromatic heterocycles. The molecule has 1 aliphatic heterocycles. The minimum atomic E-state index is -3.54. The average Bonchev–Trinajstić information content (AvgIpc) is 3.43. The lowest BCUT2D eigenvalue weighted by Crippen LogP contribution is -2.45. The summed E-state index contributed by atoms with van der Waals surface area (Å²) in [6.07, 6.45) is 2.78. The Morgan fingerprint density at radius 1 is 1.23 bits per heavy atom. The van der Waals surface area contributed by atoms with Crippen LogP contribution in [-0.2, 0) is 21.4 Å². The number of nitrogens with zero attached hydrogens (tertiary/aromatic N) is 2. The van der Waals surface area contributed by atoms with Crippen LogP contribution in [0.1, 0.15) is 42.8 Å². The zero-order valence-corrected chi connectivity index (χ0v) is 18.2. The maximum absolute atomic E-state index is 12.7. The van der Waals surface area contributed by atoms with Gasteiger partial charge in [0, 0.05) is 26.2 Å². The summed E-state index contributed by atoms with van der Waals surface area (Å²) < 4.78 is 31.5. The zero-order valence-electron chi connectivity index (χ0n) is 17.4. The Balaban J connectivity index is 1.61. The molecule has 30 heavy (non-hydrogen) atoms. The van der Waals surface area contributed by atoms with Gasteiger partial charge in [0.1, 0.15) is 6.04 Å². The number of carbonyl (C=O) groups is 2. The SMILES string of the molecule is CC(C)N(C)S(=O)(=O)c1ccc(CNC(=O)[C@@H]2CCCN2C(=O)c2ccco2)cc1. The first-order valence-electron chi connectivity index (χ1n) is 9.91. The van der Waals surface area contributed by atoms with Gasteiger partial charge in [0.25, 0.3) is 5.91 Å². The monoisotopic (exact) mass is 433 g/mol. The second-order valence-corrected chi connectivity index (χ2v) is 9.61. The summed E-state index contributed by atoms with van der Waals surface area (Å²) in [5.74, 6) is -0.303. The molecule has 1 fully saturated rings. The fourth-order valence-electron chi connectivity index (χ4n) is 3.35. The standard InChI is InChI=1S/C21H27N3O5S/c1-15(2)23(3)30(27,28)17-10-8-16(9-11-17)14-22-20(25)18-6-4-12-24(18)21(26)19-7-5-13-29-19/h5,7-11,13,15,18H,4,6,12,14H2,1-3H3,(H,22,25)/t18-/m0/s1. The van der Waals surface area contributed by atoms with Crippen molar-refractivity contribution in [2.24, 2.45) is 0 Å². The molecule has 162 valence electrons. The van der Waals surface area contributed by atoms with Crippen LogP contribution in [0.3, 0.4) is 0 Å². The van der Waals surface area contributed by atoms with Gasteiger partial charge in [-0.1, -0.05) is 12.1 Å². The molecule has 0 aliphatic carbocycles. The lowest BCUT2D eigenvalue weighted by atomic mass is 10.2. The Labute approximate surface area is 176 Å². The molecular formula is C21H27N3O5S. The number of carbonyl (C=O) groups excluding carboxylic acids is 2. The molecule has 1 aliphatic rings. The molecule has 2 heterocycles. The van der Waals surface area contributed by atoms with Gasteiger partial charge in [0.05, 0.1) is 11.2 Å². The molecule has 2 amide bonds. The summed E-state index contributed by atoms with van der Waals surface area (Å²) in [7, 11) is -2.00. The van der Waals surface area contributed by atoms with E-state index in [1.807, 2.05) is 13.8 Å². The van der Waals surface area contributed by atoms with Crippen LogP contribution < -0.4 is 5.32 Å². The van der Waals surface area contributed by atoms with Gasteiger partial charge in [-0.3, -0.25) is 9.59 Å². The average molecular weight is 434 g/mol. The maximum atomic E-state index is 12.7. The van der Waals surface area contributed by atoms with E-state index in [1.54, 1.807) is 31.3 Å². The van der Waals surface area contributed by atoms with Crippen molar-refractivity contribution < 1.29 is 22.4 Å². The number of hydrogen-bond acceptors (Lipinski definition) is 5. The number of sulfonamides is 1. The number of furan rings is 1. The lowest BCUT2D eigenvalue weighted by Gasteiger charge is -2.23. The molecule has 0 spiro atoms. The van der Waals surface area contributed by atoms with Gasteiger partial charge in [-0.05, 0) is 56.5 Å². The fourth-order valence-corrected chi connectivity index (χ4v) is 4.72. The van der Waals surface area contributed by atoms with Crippen LogP contribution in [-0.4, -0.2) is 55.1 Å². The molecule has 8 nitrogen and oxygen atoms in total. The van der Waals surface area contributed by atoms with Gasteiger partial charge in [-0.15, -0.1) is 0 Å². The first-order chi connectivity index (χ1) is 14.2. The van der Waals surface area contributed by atoms with Crippen LogP contribution in [0.5, 0.6) is 0 Å². The maximum Gasteiger partial charge on any atom is 0.290 e. The highest BCUT2D eigenvalue weighted by atomic mass is 32.2. The summed E-state index contributed by atoms with van der Waals surface area (Å²) in [5, 5.41) is 2.85. The highest BCUT2D eigenvalue weighted by Crippen LogP contribution is 2.21. The lowest BCUT2D eigenvalue weighted by molar-refractivity contribution is -0.125. The van der Waals surface area contributed by atoms with E-state index in [1.165, 1.54) is 27.6 Å². The van der Waals surface area contributed by atoms with Gasteiger partial charge in [0.15, 0.2) is 5.76 Å². The Bertz CT molecular complexity index is 984. The van der Waals surface area contributed by atoms with E-state index in [4.69, 9.17) is 4.42 Å². The molecule has 1 saturated heterocycles. The predicted molar refractivity (Wildman–Crippen MR) is 111 cm³/mol. The van der Waals surface area contributed by atoms with E-state index in [2.05, 4.69) is 5.32 Å². The van der Waals surface area contributed by atoms with Crippen LogP contribution in [0, 0.1) is 0 Å². The van der Waals surface area contributed by atoms with Crippen LogP contribution in [0.4, 0.5) is 0 Å². The Hall–Kier alpha value is -2.65. The van der Waals surface area contributed by atoms with Crippen molar-refractivity contribution in [3.63, 3.8) is 0 Å². The second kappa shape index (κ2) is 9.01. The van der Waals surface area contributed by atoms with Gasteiger partial charge >= 0.3 is 0 Å². The van der Waals surface area contributed by atoms with Crippen LogP contribution in [0.2, 0.25) is 0 Å². The third-order valence-electron chi connectivity index (χ3n) is 5.34. The van der Waals surface area contributed by atoms with Crippen LogP contribution in [0.15, 0.2) is 52.0 Å². The molecule has 0 unspecified atom stereocenters. The van der Waals surface area contributed by atoms with E-state index < -0.39 is 16.1 Å². The fraction of sp³-hybridized carbons (Fsp3) is 0.429. The largest absolute Gasteiger partial charge is 0.459 e. The molecule has 0 saturated carbocycles. The normalized spacial score (nSPS) is 17.0. The van der Waals surface area contributed by atoms with E-state index >= 15 is 0 Å². The molecule has 9 heteroatoms. The summed E-state index contributed by atoms with van der Waals surface area (Å²) in [5.41, 5.74) is 0.774. The van der Waals surface area contributed by atoms with Crippen LogP contribution in [0.25, 0.3) is 0 Å². The second-order valence-electron chi connectivity index (χ2n) is 7.61. The molecule has 1 atom stereocenters. The molecule has 0 radical (unpaired) electrons. The third kappa shape index (κ3) is 4.57. The molecular weight excluding hydrogens is 406 g/mol. The van der Waals surface area contributed by atoms with Crippen molar-refractivity contribution in [1.82, 2.24) is 14.5 Å². The molecule has 0 bridgehead atoms. The number of hydrogen-bond donors (Lipinski definition) is 1. The Kier molecular flexibility index (Phi) is 6.62. The van der Waals surface area contributed by atoms with Crippen LogP contribution >= 0.6 is 0 Å².